The molecule has 9 heteroatoms. The molecule has 250 valence electrons. The van der Waals surface area contributed by atoms with Crippen LogP contribution in [0.1, 0.15) is 76.0 Å². The smallest absolute Gasteiger partial charge is 0.269 e. The van der Waals surface area contributed by atoms with Gasteiger partial charge in [-0.25, -0.2) is 0 Å². The van der Waals surface area contributed by atoms with Gasteiger partial charge in [0.15, 0.2) is 23.1 Å². The third-order valence-electron chi connectivity index (χ3n) is 9.58. The number of allylic oxidation sites excluding steroid dienone is 4. The third-order valence-corrected chi connectivity index (χ3v) is 10.2. The molecule has 0 radical (unpaired) electrons. The van der Waals surface area contributed by atoms with Crippen LogP contribution in [0.4, 0.5) is 5.69 Å². The Hall–Kier alpha value is -4.24. The number of carbonyl (C=O) groups excluding carboxylic acids is 2. The molecular weight excluding hydrogens is 672 g/mol. The van der Waals surface area contributed by atoms with E-state index >= 15 is 0 Å². The molecule has 0 saturated carbocycles. The number of carbonyl (C=O) groups is 2. The molecule has 0 aromatic heterocycles. The molecular formula is C39H41BrN2O6. The highest BCUT2D eigenvalue weighted by Crippen LogP contribution is 2.55. The predicted octanol–water partition coefficient (Wildman–Crippen LogP) is 8.87. The van der Waals surface area contributed by atoms with Gasteiger partial charge in [0.25, 0.3) is 5.69 Å². The van der Waals surface area contributed by atoms with Gasteiger partial charge in [-0.1, -0.05) is 70.2 Å². The number of Topliss-reactive ketones (excluding diaryl/α,β-unsaturated/α-hetero) is 2. The first-order chi connectivity index (χ1) is 22.8. The Balaban J connectivity index is 1.45. The Morgan fingerprint density at radius 3 is 2.04 bits per heavy atom. The molecule has 3 aromatic carbocycles. The first-order valence-electron chi connectivity index (χ1n) is 16.3. The number of methoxy groups -OCH3 is 1. The summed E-state index contributed by atoms with van der Waals surface area (Å²) in [5.41, 5.74) is 5.61. The van der Waals surface area contributed by atoms with Crippen molar-refractivity contribution in [3.8, 4) is 11.5 Å². The van der Waals surface area contributed by atoms with Crippen molar-refractivity contribution < 1.29 is 24.0 Å². The normalized spacial score (nSPS) is 18.8. The average molecular weight is 714 g/mol. The van der Waals surface area contributed by atoms with E-state index < -0.39 is 10.8 Å². The summed E-state index contributed by atoms with van der Waals surface area (Å²) >= 11 is 3.70. The van der Waals surface area contributed by atoms with Gasteiger partial charge in [-0.2, -0.15) is 0 Å². The number of halogens is 1. The summed E-state index contributed by atoms with van der Waals surface area (Å²) in [7, 11) is 1.55. The molecule has 0 N–H and O–H groups in total. The van der Waals surface area contributed by atoms with E-state index in [4.69, 9.17) is 9.47 Å². The van der Waals surface area contributed by atoms with Crippen LogP contribution >= 0.6 is 15.9 Å². The molecule has 48 heavy (non-hydrogen) atoms. The molecule has 0 atom stereocenters. The van der Waals surface area contributed by atoms with E-state index in [2.05, 4.69) is 60.7 Å². The van der Waals surface area contributed by atoms with Gasteiger partial charge < -0.3 is 14.4 Å². The van der Waals surface area contributed by atoms with Crippen molar-refractivity contribution in [1.29, 1.82) is 0 Å². The number of ketones is 2. The molecule has 0 amide bonds. The van der Waals surface area contributed by atoms with Gasteiger partial charge in [0, 0.05) is 60.0 Å². The van der Waals surface area contributed by atoms with Crippen molar-refractivity contribution >= 4 is 33.2 Å². The van der Waals surface area contributed by atoms with Gasteiger partial charge in [-0.15, -0.1) is 0 Å². The molecule has 1 aliphatic heterocycles. The summed E-state index contributed by atoms with van der Waals surface area (Å²) in [6, 6.07) is 20.4. The molecule has 3 aliphatic rings. The zero-order chi connectivity index (χ0) is 34.4. The molecule has 6 rings (SSSR count). The fourth-order valence-electron chi connectivity index (χ4n) is 7.50. The lowest BCUT2D eigenvalue weighted by Gasteiger charge is -2.49. The number of ether oxygens (including phenoxy) is 2. The average Bonchev–Trinajstić information content (AvgIpc) is 3.02. The third kappa shape index (κ3) is 6.70. The monoisotopic (exact) mass is 712 g/mol. The van der Waals surface area contributed by atoms with Crippen LogP contribution in [0.2, 0.25) is 0 Å². The van der Waals surface area contributed by atoms with E-state index in [1.807, 2.05) is 30.3 Å². The number of benzene rings is 3. The van der Waals surface area contributed by atoms with Crippen LogP contribution in [0.15, 0.2) is 93.7 Å². The lowest BCUT2D eigenvalue weighted by molar-refractivity contribution is -0.384. The highest BCUT2D eigenvalue weighted by atomic mass is 79.9. The Bertz CT molecular complexity index is 1810. The number of non-ortho nitro benzene ring substituents is 1. The number of hydrogen-bond donors (Lipinski definition) is 0. The topological polar surface area (TPSA) is 99.0 Å². The second-order valence-electron chi connectivity index (χ2n) is 14.7. The van der Waals surface area contributed by atoms with E-state index in [0.717, 1.165) is 36.2 Å². The van der Waals surface area contributed by atoms with Gasteiger partial charge in [0.1, 0.15) is 6.61 Å². The Kier molecular flexibility index (Phi) is 9.11. The number of nitrogens with zero attached hydrogens (tertiary/aromatic N) is 2. The van der Waals surface area contributed by atoms with E-state index in [1.54, 1.807) is 19.2 Å². The zero-order valence-electron chi connectivity index (χ0n) is 28.1. The van der Waals surface area contributed by atoms with Crippen LogP contribution < -0.4 is 9.47 Å². The minimum absolute atomic E-state index is 0.0126. The Morgan fingerprint density at radius 1 is 0.854 bits per heavy atom. The van der Waals surface area contributed by atoms with Gasteiger partial charge in [-0.3, -0.25) is 19.7 Å². The number of rotatable bonds is 9. The largest absolute Gasteiger partial charge is 0.493 e. The van der Waals surface area contributed by atoms with Crippen LogP contribution in [0, 0.1) is 20.9 Å². The standard InChI is InChI=1S/C39H41BrN2O6/c1-38(2)19-29-35(31(43)21-38)34(36-30(20-39(3,4)22-32(36)44)41(29)15-14-24-10-7-6-8-11-24)26-17-28(40)37(33(18-26)47-5)48-23-25-12-9-13-27(16-25)42(45)46/h6-13,16-18,34H,14-15,19-23H2,1-5H3. The van der Waals surface area contributed by atoms with Crippen molar-refractivity contribution in [3.63, 3.8) is 0 Å². The van der Waals surface area contributed by atoms with Crippen LogP contribution in [0.5, 0.6) is 11.5 Å². The maximum absolute atomic E-state index is 14.3. The fraction of sp³-hybridized carbons (Fsp3) is 0.385. The molecule has 8 nitrogen and oxygen atoms in total. The molecule has 0 spiro atoms. The maximum atomic E-state index is 14.3. The summed E-state index contributed by atoms with van der Waals surface area (Å²) in [6.45, 7) is 9.34. The number of hydrogen-bond acceptors (Lipinski definition) is 7. The van der Waals surface area contributed by atoms with E-state index in [-0.39, 0.29) is 34.7 Å². The zero-order valence-corrected chi connectivity index (χ0v) is 29.7. The summed E-state index contributed by atoms with van der Waals surface area (Å²) in [5, 5.41) is 11.3. The Morgan fingerprint density at radius 2 is 1.46 bits per heavy atom. The fourth-order valence-corrected chi connectivity index (χ4v) is 8.07. The lowest BCUT2D eigenvalue weighted by atomic mass is 9.63. The Labute approximate surface area is 290 Å². The molecule has 0 bridgehead atoms. The first-order valence-corrected chi connectivity index (χ1v) is 17.1. The van der Waals surface area contributed by atoms with Gasteiger partial charge in [0.2, 0.25) is 0 Å². The first kappa shape index (κ1) is 33.7. The minimum Gasteiger partial charge on any atom is -0.493 e. The molecule has 0 saturated heterocycles. The van der Waals surface area contributed by atoms with Crippen LogP contribution in [-0.4, -0.2) is 35.0 Å². The van der Waals surface area contributed by atoms with Crippen LogP contribution in [-0.2, 0) is 22.6 Å². The number of nitro benzene ring substituents is 1. The summed E-state index contributed by atoms with van der Waals surface area (Å²) in [5.74, 6) is 0.477. The van der Waals surface area contributed by atoms with Crippen molar-refractivity contribution in [1.82, 2.24) is 4.90 Å². The summed E-state index contributed by atoms with van der Waals surface area (Å²) in [4.78, 5) is 41.7. The highest BCUT2D eigenvalue weighted by Gasteiger charge is 2.49. The predicted molar refractivity (Wildman–Crippen MR) is 188 cm³/mol. The van der Waals surface area contributed by atoms with Gasteiger partial charge >= 0.3 is 0 Å². The van der Waals surface area contributed by atoms with E-state index in [1.165, 1.54) is 17.7 Å². The highest BCUT2D eigenvalue weighted by molar-refractivity contribution is 9.10. The van der Waals surface area contributed by atoms with Gasteiger partial charge in [0.05, 0.1) is 16.5 Å². The quantitative estimate of drug-likeness (QED) is 0.161. The molecule has 3 aromatic rings. The second kappa shape index (κ2) is 13.0. The van der Waals surface area contributed by atoms with Crippen molar-refractivity contribution in [2.24, 2.45) is 10.8 Å². The minimum atomic E-state index is -0.536. The van der Waals surface area contributed by atoms with E-state index in [9.17, 15) is 19.7 Å². The maximum Gasteiger partial charge on any atom is 0.269 e. The van der Waals surface area contributed by atoms with Crippen LogP contribution in [0.3, 0.4) is 0 Å². The van der Waals surface area contributed by atoms with Crippen molar-refractivity contribution in [2.75, 3.05) is 13.7 Å². The second-order valence-corrected chi connectivity index (χ2v) is 15.5. The van der Waals surface area contributed by atoms with Crippen molar-refractivity contribution in [3.05, 3.63) is 121 Å². The SMILES string of the molecule is COc1cc(C2C3=C(CC(C)(C)CC3=O)N(CCc3ccccc3)C3=C2C(=O)CC(C)(C)C3)cc(Br)c1OCc1cccc([N+](=O)[O-])c1. The van der Waals surface area contributed by atoms with Gasteiger partial charge in [-0.05, 0) is 74.8 Å². The molecule has 0 fully saturated rings. The number of nitro groups is 1. The molecule has 0 unspecified atom stereocenters. The summed E-state index contributed by atoms with van der Waals surface area (Å²) < 4.78 is 12.6. The van der Waals surface area contributed by atoms with Crippen LogP contribution in [0.25, 0.3) is 0 Å². The molecule has 1 heterocycles. The van der Waals surface area contributed by atoms with E-state index in [0.29, 0.717) is 52.1 Å². The lowest BCUT2D eigenvalue weighted by Crippen LogP contribution is -2.45. The van der Waals surface area contributed by atoms with Crippen molar-refractivity contribution in [2.45, 2.75) is 72.3 Å². The molecule has 2 aliphatic carbocycles. The summed E-state index contributed by atoms with van der Waals surface area (Å²) in [6.07, 6.45) is 3.05.